The molecule has 0 bridgehead atoms. The van der Waals surface area contributed by atoms with Gasteiger partial charge in [-0.15, -0.1) is 0 Å². The Morgan fingerprint density at radius 2 is 2.15 bits per heavy atom. The van der Waals surface area contributed by atoms with E-state index in [1.54, 1.807) is 12.0 Å². The van der Waals surface area contributed by atoms with Gasteiger partial charge < -0.3 is 14.9 Å². The number of carboxylic acids is 1. The average molecular weight is 191 g/mol. The Kier molecular flexibility index (Phi) is 7.57. The van der Waals surface area contributed by atoms with Gasteiger partial charge in [0, 0.05) is 26.8 Å². The molecule has 0 aliphatic rings. The van der Waals surface area contributed by atoms with Gasteiger partial charge >= 0.3 is 5.97 Å². The van der Waals surface area contributed by atoms with Crippen LogP contribution in [0.1, 0.15) is 6.42 Å². The van der Waals surface area contributed by atoms with Gasteiger partial charge in [-0.25, -0.2) is 0 Å². The van der Waals surface area contributed by atoms with Crippen molar-refractivity contribution in [3.8, 4) is 0 Å². The minimum absolute atomic E-state index is 0.00333. The third kappa shape index (κ3) is 7.70. The molecule has 2 N–H and O–H groups in total. The van der Waals surface area contributed by atoms with E-state index in [1.807, 2.05) is 0 Å². The maximum Gasteiger partial charge on any atom is 0.317 e. The highest BCUT2D eigenvalue weighted by atomic mass is 16.5. The maximum atomic E-state index is 10.4. The molecule has 0 unspecified atom stereocenters. The van der Waals surface area contributed by atoms with E-state index in [4.69, 9.17) is 14.9 Å². The minimum atomic E-state index is -0.853. The summed E-state index contributed by atoms with van der Waals surface area (Å²) in [5, 5.41) is 17.1. The van der Waals surface area contributed by atoms with Gasteiger partial charge in [0.2, 0.25) is 0 Å². The number of ether oxygens (including phenoxy) is 1. The SMILES string of the molecule is COCCN(CCCO)CC(=O)O. The predicted octanol–water partition coefficient (Wildman–Crippen LogP) is -0.598. The van der Waals surface area contributed by atoms with Crippen molar-refractivity contribution in [3.05, 3.63) is 0 Å². The Labute approximate surface area is 77.9 Å². The number of hydrogen-bond donors (Lipinski definition) is 2. The average Bonchev–Trinajstić information content (AvgIpc) is 2.09. The van der Waals surface area contributed by atoms with E-state index in [0.717, 1.165) is 0 Å². The first-order chi connectivity index (χ1) is 6.20. The van der Waals surface area contributed by atoms with E-state index in [-0.39, 0.29) is 13.2 Å². The van der Waals surface area contributed by atoms with Crippen LogP contribution in [-0.4, -0.2) is 61.0 Å². The molecular formula is C8H17NO4. The first-order valence-electron chi connectivity index (χ1n) is 4.24. The number of nitrogens with zero attached hydrogens (tertiary/aromatic N) is 1. The van der Waals surface area contributed by atoms with Gasteiger partial charge in [-0.2, -0.15) is 0 Å². The van der Waals surface area contributed by atoms with Gasteiger partial charge in [-0.3, -0.25) is 9.69 Å². The van der Waals surface area contributed by atoms with Crippen LogP contribution in [0.3, 0.4) is 0 Å². The Morgan fingerprint density at radius 3 is 2.62 bits per heavy atom. The molecule has 0 saturated carbocycles. The molecule has 0 aromatic rings. The summed E-state index contributed by atoms with van der Waals surface area (Å²) < 4.78 is 4.84. The summed E-state index contributed by atoms with van der Waals surface area (Å²) in [7, 11) is 1.57. The van der Waals surface area contributed by atoms with E-state index in [1.165, 1.54) is 0 Å². The molecule has 5 nitrogen and oxygen atoms in total. The van der Waals surface area contributed by atoms with E-state index < -0.39 is 5.97 Å². The number of methoxy groups -OCH3 is 1. The van der Waals surface area contributed by atoms with Crippen LogP contribution in [0.4, 0.5) is 0 Å². The van der Waals surface area contributed by atoms with Crippen LogP contribution in [0.2, 0.25) is 0 Å². The number of carbonyl (C=O) groups is 1. The Balaban J connectivity index is 3.66. The van der Waals surface area contributed by atoms with Crippen LogP contribution >= 0.6 is 0 Å². The van der Waals surface area contributed by atoms with Gasteiger partial charge in [0.1, 0.15) is 0 Å². The molecular weight excluding hydrogens is 174 g/mol. The van der Waals surface area contributed by atoms with Crippen molar-refractivity contribution in [3.63, 3.8) is 0 Å². The number of carboxylic acid groups (broad SMARTS) is 1. The van der Waals surface area contributed by atoms with Crippen molar-refractivity contribution >= 4 is 5.97 Å². The summed E-state index contributed by atoms with van der Waals surface area (Å²) >= 11 is 0. The highest BCUT2D eigenvalue weighted by Gasteiger charge is 2.07. The second-order valence-electron chi connectivity index (χ2n) is 2.74. The van der Waals surface area contributed by atoms with E-state index in [9.17, 15) is 4.79 Å². The fraction of sp³-hybridized carbons (Fsp3) is 0.875. The zero-order chi connectivity index (χ0) is 10.1. The van der Waals surface area contributed by atoms with Crippen LogP contribution in [0.25, 0.3) is 0 Å². The molecule has 78 valence electrons. The van der Waals surface area contributed by atoms with E-state index in [2.05, 4.69) is 0 Å². The topological polar surface area (TPSA) is 70.0 Å². The maximum absolute atomic E-state index is 10.4. The van der Waals surface area contributed by atoms with Crippen LogP contribution in [0, 0.1) is 0 Å². The van der Waals surface area contributed by atoms with E-state index in [0.29, 0.717) is 26.1 Å². The second-order valence-corrected chi connectivity index (χ2v) is 2.74. The highest BCUT2D eigenvalue weighted by molar-refractivity contribution is 5.69. The monoisotopic (exact) mass is 191 g/mol. The standard InChI is InChI=1S/C8H17NO4/c1-13-6-4-9(3-2-5-10)7-8(11)12/h10H,2-7H2,1H3,(H,11,12). The lowest BCUT2D eigenvalue weighted by Crippen LogP contribution is -2.33. The number of aliphatic carboxylic acids is 1. The molecule has 0 radical (unpaired) electrons. The molecule has 0 heterocycles. The van der Waals surface area contributed by atoms with Gasteiger partial charge in [-0.05, 0) is 6.42 Å². The van der Waals surface area contributed by atoms with Crippen molar-refractivity contribution in [1.29, 1.82) is 0 Å². The summed E-state index contributed by atoms with van der Waals surface area (Å²) in [5.74, 6) is -0.853. The molecule has 0 amide bonds. The second kappa shape index (κ2) is 7.97. The van der Waals surface area contributed by atoms with Crippen molar-refractivity contribution < 1.29 is 19.7 Å². The van der Waals surface area contributed by atoms with Gasteiger partial charge in [0.05, 0.1) is 13.2 Å². The minimum Gasteiger partial charge on any atom is -0.480 e. The predicted molar refractivity (Wildman–Crippen MR) is 47.7 cm³/mol. The Bertz CT molecular complexity index is 132. The number of rotatable bonds is 8. The first kappa shape index (κ1) is 12.3. The molecule has 0 fully saturated rings. The third-order valence-electron chi connectivity index (χ3n) is 1.60. The fourth-order valence-corrected chi connectivity index (χ4v) is 0.976. The van der Waals surface area contributed by atoms with Gasteiger partial charge in [0.15, 0.2) is 0 Å². The van der Waals surface area contributed by atoms with Crippen molar-refractivity contribution in [2.24, 2.45) is 0 Å². The molecule has 0 spiro atoms. The molecule has 0 atom stereocenters. The lowest BCUT2D eigenvalue weighted by molar-refractivity contribution is -0.138. The highest BCUT2D eigenvalue weighted by Crippen LogP contribution is 1.91. The summed E-state index contributed by atoms with van der Waals surface area (Å²) in [6, 6.07) is 0. The quantitative estimate of drug-likeness (QED) is 0.536. The van der Waals surface area contributed by atoms with E-state index >= 15 is 0 Å². The largest absolute Gasteiger partial charge is 0.480 e. The summed E-state index contributed by atoms with van der Waals surface area (Å²) in [5.41, 5.74) is 0. The molecule has 0 aromatic heterocycles. The zero-order valence-electron chi connectivity index (χ0n) is 7.90. The molecule has 0 aliphatic heterocycles. The molecule has 0 aromatic carbocycles. The molecule has 0 saturated heterocycles. The lowest BCUT2D eigenvalue weighted by atomic mass is 10.4. The first-order valence-corrected chi connectivity index (χ1v) is 4.24. The Morgan fingerprint density at radius 1 is 1.46 bits per heavy atom. The van der Waals surface area contributed by atoms with Crippen molar-refractivity contribution in [1.82, 2.24) is 4.90 Å². The van der Waals surface area contributed by atoms with Crippen LogP contribution in [0.5, 0.6) is 0 Å². The summed E-state index contributed by atoms with van der Waals surface area (Å²) in [6.45, 7) is 1.78. The number of hydrogen-bond acceptors (Lipinski definition) is 4. The van der Waals surface area contributed by atoms with Crippen LogP contribution < -0.4 is 0 Å². The third-order valence-corrected chi connectivity index (χ3v) is 1.60. The fourth-order valence-electron chi connectivity index (χ4n) is 0.976. The van der Waals surface area contributed by atoms with Crippen LogP contribution in [-0.2, 0) is 9.53 Å². The summed E-state index contributed by atoms with van der Waals surface area (Å²) in [6.07, 6.45) is 0.594. The smallest absolute Gasteiger partial charge is 0.317 e. The zero-order valence-corrected chi connectivity index (χ0v) is 7.90. The molecule has 5 heteroatoms. The summed E-state index contributed by atoms with van der Waals surface area (Å²) in [4.78, 5) is 12.1. The number of aliphatic hydroxyl groups is 1. The van der Waals surface area contributed by atoms with Gasteiger partial charge in [0.25, 0.3) is 0 Å². The van der Waals surface area contributed by atoms with Crippen LogP contribution in [0.15, 0.2) is 0 Å². The normalized spacial score (nSPS) is 10.7. The molecule has 13 heavy (non-hydrogen) atoms. The number of aliphatic hydroxyl groups excluding tert-OH is 1. The van der Waals surface area contributed by atoms with Crippen molar-refractivity contribution in [2.45, 2.75) is 6.42 Å². The lowest BCUT2D eigenvalue weighted by Gasteiger charge is -2.18. The van der Waals surface area contributed by atoms with Gasteiger partial charge in [-0.1, -0.05) is 0 Å². The molecule has 0 aliphatic carbocycles. The Hall–Kier alpha value is -0.650. The molecule has 0 rings (SSSR count). The van der Waals surface area contributed by atoms with Crippen molar-refractivity contribution in [2.75, 3.05) is 40.0 Å².